The standard InChI is InChI=1S/C67H118O6/c1-4-7-10-13-16-19-22-25-28-30-32-33-35-37-40-43-46-49-52-55-58-61-67(70)73-64(62-71-65(68)59-56-53-50-47-44-41-38-27-24-21-18-15-12-9-6-3)63-72-66(69)60-57-54-51-48-45-42-39-36-34-31-29-26-23-20-17-14-11-8-5-2/h9,12,18,21,25-29,38,44,47,64H,4-8,10-11,13-17,19-20,22-24,30-37,39-43,45-46,48-63H2,1-3H3/b12-9-,21-18-,28-25-,29-26-,38-27-,47-44-/t64-/m1/s1. The van der Waals surface area contributed by atoms with Crippen LogP contribution in [-0.4, -0.2) is 37.2 Å². The van der Waals surface area contributed by atoms with E-state index in [2.05, 4.69) is 93.7 Å². The summed E-state index contributed by atoms with van der Waals surface area (Å²) in [6.45, 7) is 6.52. The van der Waals surface area contributed by atoms with E-state index >= 15 is 0 Å². The molecule has 0 aliphatic heterocycles. The summed E-state index contributed by atoms with van der Waals surface area (Å²) in [6.07, 6.45) is 79.1. The molecule has 6 nitrogen and oxygen atoms in total. The van der Waals surface area contributed by atoms with Crippen LogP contribution in [0, 0.1) is 0 Å². The van der Waals surface area contributed by atoms with Crippen molar-refractivity contribution < 1.29 is 28.6 Å². The Morgan fingerprint density at radius 1 is 0.288 bits per heavy atom. The number of hydrogen-bond donors (Lipinski definition) is 0. The Hall–Kier alpha value is -3.15. The molecule has 0 radical (unpaired) electrons. The number of carbonyl (C=O) groups is 3. The van der Waals surface area contributed by atoms with Crippen LogP contribution in [0.4, 0.5) is 0 Å². The molecule has 0 aromatic rings. The Morgan fingerprint density at radius 3 is 0.877 bits per heavy atom. The van der Waals surface area contributed by atoms with Gasteiger partial charge in [0.25, 0.3) is 0 Å². The Balaban J connectivity index is 4.38. The van der Waals surface area contributed by atoms with Crippen LogP contribution < -0.4 is 0 Å². The SMILES string of the molecule is CC/C=C\C/C=C\C/C=C\C/C=C\CCCCC(=O)OC[C@H](COC(=O)CCCCCCCCCCC/C=C\CCCCCCCC)OC(=O)CCCCCCCCCCCCC/C=C\CCCCCCCC. The van der Waals surface area contributed by atoms with Crippen LogP contribution in [0.3, 0.4) is 0 Å². The second kappa shape index (κ2) is 61.4. The molecule has 0 spiro atoms. The molecule has 0 rings (SSSR count). The molecular weight excluding hydrogens is 901 g/mol. The van der Waals surface area contributed by atoms with Crippen LogP contribution in [0.15, 0.2) is 72.9 Å². The van der Waals surface area contributed by atoms with Gasteiger partial charge in [0, 0.05) is 19.3 Å². The van der Waals surface area contributed by atoms with Gasteiger partial charge in [0.05, 0.1) is 0 Å². The summed E-state index contributed by atoms with van der Waals surface area (Å²) in [5, 5.41) is 0. The molecule has 422 valence electrons. The van der Waals surface area contributed by atoms with E-state index in [0.29, 0.717) is 19.3 Å². The fraction of sp³-hybridized carbons (Fsp3) is 0.776. The number of carbonyl (C=O) groups excluding carboxylic acids is 3. The highest BCUT2D eigenvalue weighted by Gasteiger charge is 2.19. The number of ether oxygens (including phenoxy) is 3. The molecule has 0 heterocycles. The van der Waals surface area contributed by atoms with E-state index in [-0.39, 0.29) is 31.1 Å². The molecular formula is C67H118O6. The summed E-state index contributed by atoms with van der Waals surface area (Å²) in [5.41, 5.74) is 0. The molecule has 0 fully saturated rings. The van der Waals surface area contributed by atoms with Crippen LogP contribution >= 0.6 is 0 Å². The van der Waals surface area contributed by atoms with Crippen LogP contribution in [-0.2, 0) is 28.6 Å². The molecule has 0 bridgehead atoms. The number of esters is 3. The van der Waals surface area contributed by atoms with Gasteiger partial charge in [-0.05, 0) is 109 Å². The number of hydrogen-bond acceptors (Lipinski definition) is 6. The zero-order chi connectivity index (χ0) is 52.9. The molecule has 0 amide bonds. The van der Waals surface area contributed by atoms with Gasteiger partial charge in [0.2, 0.25) is 0 Å². The Labute approximate surface area is 453 Å². The van der Waals surface area contributed by atoms with E-state index in [9.17, 15) is 14.4 Å². The van der Waals surface area contributed by atoms with Gasteiger partial charge in [0.15, 0.2) is 6.10 Å². The first-order valence-corrected chi connectivity index (χ1v) is 31.4. The van der Waals surface area contributed by atoms with Crippen molar-refractivity contribution in [2.45, 2.75) is 322 Å². The summed E-state index contributed by atoms with van der Waals surface area (Å²) >= 11 is 0. The van der Waals surface area contributed by atoms with Gasteiger partial charge in [-0.1, -0.05) is 261 Å². The molecule has 0 aromatic heterocycles. The quantitative estimate of drug-likeness (QED) is 0.0261. The van der Waals surface area contributed by atoms with Crippen LogP contribution in [0.25, 0.3) is 0 Å². The normalized spacial score (nSPS) is 12.5. The minimum absolute atomic E-state index is 0.0883. The highest BCUT2D eigenvalue weighted by Crippen LogP contribution is 2.16. The van der Waals surface area contributed by atoms with Crippen molar-refractivity contribution in [3.05, 3.63) is 72.9 Å². The first-order chi connectivity index (χ1) is 36.0. The molecule has 0 aliphatic carbocycles. The van der Waals surface area contributed by atoms with Gasteiger partial charge in [0.1, 0.15) is 13.2 Å². The largest absolute Gasteiger partial charge is 0.462 e. The zero-order valence-electron chi connectivity index (χ0n) is 48.4. The predicted molar refractivity (Wildman–Crippen MR) is 316 cm³/mol. The monoisotopic (exact) mass is 1020 g/mol. The van der Waals surface area contributed by atoms with Gasteiger partial charge < -0.3 is 14.2 Å². The Bertz CT molecular complexity index is 1360. The minimum atomic E-state index is -0.794. The molecule has 73 heavy (non-hydrogen) atoms. The maximum atomic E-state index is 12.9. The number of unbranched alkanes of at least 4 members (excludes halogenated alkanes) is 34. The summed E-state index contributed by atoms with van der Waals surface area (Å²) < 4.78 is 16.9. The average molecular weight is 1020 g/mol. The van der Waals surface area contributed by atoms with Crippen LogP contribution in [0.2, 0.25) is 0 Å². The third kappa shape index (κ3) is 59.6. The number of allylic oxidation sites excluding steroid dienone is 12. The van der Waals surface area contributed by atoms with Crippen LogP contribution in [0.5, 0.6) is 0 Å². The average Bonchev–Trinajstić information content (AvgIpc) is 3.39. The highest BCUT2D eigenvalue weighted by molar-refractivity contribution is 5.71. The van der Waals surface area contributed by atoms with E-state index < -0.39 is 6.10 Å². The summed E-state index contributed by atoms with van der Waals surface area (Å²) in [4.78, 5) is 38.3. The third-order valence-corrected chi connectivity index (χ3v) is 13.7. The smallest absolute Gasteiger partial charge is 0.306 e. The van der Waals surface area contributed by atoms with Gasteiger partial charge >= 0.3 is 17.9 Å². The topological polar surface area (TPSA) is 78.9 Å². The van der Waals surface area contributed by atoms with Crippen molar-refractivity contribution in [1.29, 1.82) is 0 Å². The van der Waals surface area contributed by atoms with E-state index in [1.807, 2.05) is 0 Å². The lowest BCUT2D eigenvalue weighted by molar-refractivity contribution is -0.167. The van der Waals surface area contributed by atoms with E-state index in [0.717, 1.165) is 83.5 Å². The lowest BCUT2D eigenvalue weighted by atomic mass is 10.0. The van der Waals surface area contributed by atoms with Crippen molar-refractivity contribution in [1.82, 2.24) is 0 Å². The van der Waals surface area contributed by atoms with E-state index in [1.54, 1.807) is 0 Å². The summed E-state index contributed by atoms with van der Waals surface area (Å²) in [7, 11) is 0. The second-order valence-electron chi connectivity index (χ2n) is 20.9. The minimum Gasteiger partial charge on any atom is -0.462 e. The molecule has 0 aromatic carbocycles. The van der Waals surface area contributed by atoms with Crippen molar-refractivity contribution in [2.75, 3.05) is 13.2 Å². The van der Waals surface area contributed by atoms with Crippen molar-refractivity contribution in [2.24, 2.45) is 0 Å². The first-order valence-electron chi connectivity index (χ1n) is 31.4. The van der Waals surface area contributed by atoms with Crippen molar-refractivity contribution >= 4 is 17.9 Å². The molecule has 0 unspecified atom stereocenters. The third-order valence-electron chi connectivity index (χ3n) is 13.7. The maximum Gasteiger partial charge on any atom is 0.306 e. The predicted octanol–water partition coefficient (Wildman–Crippen LogP) is 21.3. The van der Waals surface area contributed by atoms with Gasteiger partial charge in [-0.25, -0.2) is 0 Å². The fourth-order valence-corrected chi connectivity index (χ4v) is 8.95. The van der Waals surface area contributed by atoms with E-state index in [1.165, 1.54) is 193 Å². The molecule has 0 saturated carbocycles. The van der Waals surface area contributed by atoms with Crippen molar-refractivity contribution in [3.8, 4) is 0 Å². The van der Waals surface area contributed by atoms with Gasteiger partial charge in [-0.15, -0.1) is 0 Å². The van der Waals surface area contributed by atoms with Gasteiger partial charge in [-0.3, -0.25) is 14.4 Å². The van der Waals surface area contributed by atoms with E-state index in [4.69, 9.17) is 14.2 Å². The molecule has 0 N–H and O–H groups in total. The second-order valence-corrected chi connectivity index (χ2v) is 20.9. The maximum absolute atomic E-state index is 12.9. The zero-order valence-corrected chi connectivity index (χ0v) is 48.4. The molecule has 0 aliphatic rings. The van der Waals surface area contributed by atoms with Crippen molar-refractivity contribution in [3.63, 3.8) is 0 Å². The summed E-state index contributed by atoms with van der Waals surface area (Å²) in [6, 6.07) is 0. The lowest BCUT2D eigenvalue weighted by Crippen LogP contribution is -2.30. The number of rotatable bonds is 57. The van der Waals surface area contributed by atoms with Crippen LogP contribution in [0.1, 0.15) is 316 Å². The Morgan fingerprint density at radius 2 is 0.534 bits per heavy atom. The fourth-order valence-electron chi connectivity index (χ4n) is 8.95. The lowest BCUT2D eigenvalue weighted by Gasteiger charge is -2.18. The first kappa shape index (κ1) is 69.8. The highest BCUT2D eigenvalue weighted by atomic mass is 16.6. The van der Waals surface area contributed by atoms with Gasteiger partial charge in [-0.2, -0.15) is 0 Å². The summed E-state index contributed by atoms with van der Waals surface area (Å²) in [5.74, 6) is -0.921. The Kier molecular flexibility index (Phi) is 58.7. The molecule has 0 saturated heterocycles. The molecule has 1 atom stereocenters. The molecule has 6 heteroatoms.